The predicted molar refractivity (Wildman–Crippen MR) is 134 cm³/mol. The van der Waals surface area contributed by atoms with Crippen molar-refractivity contribution in [2.75, 3.05) is 26.2 Å². The standard InChI is InChI=1S/C26H36FN3O3S/c1-18(2)9-12-29(25(32)28-26(3,4)5)16-24(31)30-13-10-23-21(11-14-34-23)22(30)17-33-20-8-6-7-19(27)15-20/h6-8,11,14-15,18,22H,9-10,12-13,16-17H2,1-5H3,(H,28,32)/t22-/m0/s1. The van der Waals surface area contributed by atoms with Crippen molar-refractivity contribution in [3.05, 3.63) is 52.0 Å². The Morgan fingerprint density at radius 2 is 2.06 bits per heavy atom. The normalized spacial score (nSPS) is 15.7. The average molecular weight is 490 g/mol. The molecule has 3 amide bonds. The second-order valence-corrected chi connectivity index (χ2v) is 11.2. The van der Waals surface area contributed by atoms with Gasteiger partial charge in [-0.1, -0.05) is 19.9 Å². The van der Waals surface area contributed by atoms with Gasteiger partial charge in [0.1, 0.15) is 24.7 Å². The minimum absolute atomic E-state index is 0.00453. The van der Waals surface area contributed by atoms with Gasteiger partial charge in [0, 0.05) is 29.6 Å². The highest BCUT2D eigenvalue weighted by atomic mass is 32.1. The number of benzene rings is 1. The summed E-state index contributed by atoms with van der Waals surface area (Å²) in [4.78, 5) is 31.1. The number of fused-ring (bicyclic) bond motifs is 1. The van der Waals surface area contributed by atoms with Crippen molar-refractivity contribution in [3.63, 3.8) is 0 Å². The molecule has 34 heavy (non-hydrogen) atoms. The number of ether oxygens (including phenoxy) is 1. The number of amides is 3. The minimum Gasteiger partial charge on any atom is -0.491 e. The largest absolute Gasteiger partial charge is 0.491 e. The Bertz CT molecular complexity index is 986. The smallest absolute Gasteiger partial charge is 0.318 e. The van der Waals surface area contributed by atoms with Crippen LogP contribution in [0.25, 0.3) is 0 Å². The number of rotatable bonds is 8. The van der Waals surface area contributed by atoms with Crippen LogP contribution in [0.2, 0.25) is 0 Å². The minimum atomic E-state index is -0.395. The van der Waals surface area contributed by atoms with E-state index in [0.717, 1.165) is 18.4 Å². The fourth-order valence-corrected chi connectivity index (χ4v) is 4.86. The van der Waals surface area contributed by atoms with E-state index in [-0.39, 0.29) is 36.9 Å². The first-order chi connectivity index (χ1) is 16.0. The molecule has 0 bridgehead atoms. The lowest BCUT2D eigenvalue weighted by Gasteiger charge is -2.37. The van der Waals surface area contributed by atoms with Crippen LogP contribution in [-0.4, -0.2) is 53.5 Å². The Kier molecular flexibility index (Phi) is 8.57. The van der Waals surface area contributed by atoms with E-state index in [2.05, 4.69) is 19.2 Å². The third-order valence-corrected chi connectivity index (χ3v) is 6.69. The van der Waals surface area contributed by atoms with Gasteiger partial charge in [-0.05, 0) is 68.7 Å². The zero-order valence-electron chi connectivity index (χ0n) is 20.8. The Morgan fingerprint density at radius 3 is 2.74 bits per heavy atom. The lowest BCUT2D eigenvalue weighted by molar-refractivity contribution is -0.135. The van der Waals surface area contributed by atoms with Crippen molar-refractivity contribution in [2.24, 2.45) is 5.92 Å². The second-order valence-electron chi connectivity index (χ2n) is 10.2. The molecule has 1 aromatic heterocycles. The quantitative estimate of drug-likeness (QED) is 0.551. The molecule has 0 saturated heterocycles. The maximum absolute atomic E-state index is 13.6. The van der Waals surface area contributed by atoms with E-state index in [4.69, 9.17) is 4.74 Å². The highest BCUT2D eigenvalue weighted by Gasteiger charge is 2.34. The van der Waals surface area contributed by atoms with Gasteiger partial charge in [0.2, 0.25) is 5.91 Å². The lowest BCUT2D eigenvalue weighted by atomic mass is 10.0. The van der Waals surface area contributed by atoms with Crippen LogP contribution in [0.15, 0.2) is 35.7 Å². The highest BCUT2D eigenvalue weighted by molar-refractivity contribution is 7.10. The molecule has 0 spiro atoms. The first kappa shape index (κ1) is 26.0. The van der Waals surface area contributed by atoms with Crippen molar-refractivity contribution in [3.8, 4) is 5.75 Å². The van der Waals surface area contributed by atoms with Crippen LogP contribution in [0.5, 0.6) is 5.75 Å². The number of thiophene rings is 1. The molecule has 1 atom stereocenters. The van der Waals surface area contributed by atoms with E-state index < -0.39 is 5.54 Å². The van der Waals surface area contributed by atoms with Gasteiger partial charge in [-0.25, -0.2) is 9.18 Å². The van der Waals surface area contributed by atoms with E-state index in [1.807, 2.05) is 32.2 Å². The summed E-state index contributed by atoms with van der Waals surface area (Å²) in [6.07, 6.45) is 1.58. The van der Waals surface area contributed by atoms with Crippen molar-refractivity contribution >= 4 is 23.3 Å². The zero-order chi connectivity index (χ0) is 24.9. The molecule has 2 heterocycles. The number of hydrogen-bond donors (Lipinski definition) is 1. The zero-order valence-corrected chi connectivity index (χ0v) is 21.6. The van der Waals surface area contributed by atoms with Gasteiger partial charge in [-0.2, -0.15) is 0 Å². The number of nitrogens with one attached hydrogen (secondary N) is 1. The molecule has 0 radical (unpaired) electrons. The molecule has 2 aromatic rings. The van der Waals surface area contributed by atoms with Gasteiger partial charge in [0.15, 0.2) is 0 Å². The molecule has 6 nitrogen and oxygen atoms in total. The predicted octanol–water partition coefficient (Wildman–Crippen LogP) is 5.25. The third kappa shape index (κ3) is 7.19. The summed E-state index contributed by atoms with van der Waals surface area (Å²) in [5, 5.41) is 5.01. The Morgan fingerprint density at radius 1 is 1.29 bits per heavy atom. The molecule has 0 fully saturated rings. The first-order valence-corrected chi connectivity index (χ1v) is 12.7. The van der Waals surface area contributed by atoms with Crippen molar-refractivity contribution in [1.82, 2.24) is 15.1 Å². The molecular weight excluding hydrogens is 453 g/mol. The number of halogens is 1. The van der Waals surface area contributed by atoms with Crippen molar-refractivity contribution in [2.45, 2.75) is 59.0 Å². The molecular formula is C26H36FN3O3S. The average Bonchev–Trinajstić information content (AvgIpc) is 3.22. The van der Waals surface area contributed by atoms with Gasteiger partial charge in [0.05, 0.1) is 6.04 Å². The number of carbonyl (C=O) groups is 2. The summed E-state index contributed by atoms with van der Waals surface area (Å²) in [6, 6.07) is 7.53. The fourth-order valence-electron chi connectivity index (χ4n) is 3.93. The topological polar surface area (TPSA) is 61.9 Å². The van der Waals surface area contributed by atoms with Crippen LogP contribution in [0, 0.1) is 11.7 Å². The van der Waals surface area contributed by atoms with Crippen LogP contribution in [-0.2, 0) is 11.2 Å². The maximum Gasteiger partial charge on any atom is 0.318 e. The first-order valence-electron chi connectivity index (χ1n) is 11.8. The molecule has 1 aliphatic heterocycles. The molecule has 3 rings (SSSR count). The molecule has 8 heteroatoms. The van der Waals surface area contributed by atoms with Gasteiger partial charge < -0.3 is 19.9 Å². The van der Waals surface area contributed by atoms with Gasteiger partial charge in [-0.3, -0.25) is 4.79 Å². The van der Waals surface area contributed by atoms with Crippen LogP contribution in [0.3, 0.4) is 0 Å². The van der Waals surface area contributed by atoms with Crippen LogP contribution in [0.4, 0.5) is 9.18 Å². The summed E-state index contributed by atoms with van der Waals surface area (Å²) in [7, 11) is 0. The molecule has 0 aliphatic carbocycles. The Hall–Kier alpha value is -2.61. The summed E-state index contributed by atoms with van der Waals surface area (Å²) in [5.74, 6) is 0.363. The van der Waals surface area contributed by atoms with E-state index in [1.54, 1.807) is 33.3 Å². The van der Waals surface area contributed by atoms with E-state index in [1.165, 1.54) is 17.0 Å². The van der Waals surface area contributed by atoms with E-state index >= 15 is 0 Å². The van der Waals surface area contributed by atoms with E-state index in [9.17, 15) is 14.0 Å². The lowest BCUT2D eigenvalue weighted by Crippen LogP contribution is -2.53. The molecule has 186 valence electrons. The van der Waals surface area contributed by atoms with Gasteiger partial charge in [-0.15, -0.1) is 11.3 Å². The number of nitrogens with zero attached hydrogens (tertiary/aromatic N) is 2. The van der Waals surface area contributed by atoms with Gasteiger partial charge in [0.25, 0.3) is 0 Å². The van der Waals surface area contributed by atoms with Crippen LogP contribution in [0.1, 0.15) is 57.5 Å². The second kappa shape index (κ2) is 11.2. The Labute approximate surface area is 206 Å². The van der Waals surface area contributed by atoms with Gasteiger partial charge >= 0.3 is 6.03 Å². The fraction of sp³-hybridized carbons (Fsp3) is 0.538. The van der Waals surface area contributed by atoms with E-state index in [0.29, 0.717) is 24.8 Å². The van der Waals surface area contributed by atoms with Crippen molar-refractivity contribution in [1.29, 1.82) is 0 Å². The summed E-state index contributed by atoms with van der Waals surface area (Å²) >= 11 is 1.68. The van der Waals surface area contributed by atoms with Crippen LogP contribution >= 0.6 is 11.3 Å². The monoisotopic (exact) mass is 489 g/mol. The Balaban J connectivity index is 1.76. The summed E-state index contributed by atoms with van der Waals surface area (Å²) in [5.41, 5.74) is 0.669. The highest BCUT2D eigenvalue weighted by Crippen LogP contribution is 2.34. The SMILES string of the molecule is CC(C)CCN(CC(=O)N1CCc2sccc2[C@@H]1COc1cccc(F)c1)C(=O)NC(C)(C)C. The number of hydrogen-bond acceptors (Lipinski definition) is 4. The molecule has 1 N–H and O–H groups in total. The third-order valence-electron chi connectivity index (χ3n) is 5.69. The summed E-state index contributed by atoms with van der Waals surface area (Å²) in [6.45, 7) is 11.3. The maximum atomic E-state index is 13.6. The molecule has 1 aliphatic rings. The van der Waals surface area contributed by atoms with Crippen molar-refractivity contribution < 1.29 is 18.7 Å². The number of carbonyl (C=O) groups excluding carboxylic acids is 2. The number of urea groups is 1. The summed E-state index contributed by atoms with van der Waals surface area (Å²) < 4.78 is 19.5. The molecule has 0 saturated carbocycles. The molecule has 1 aromatic carbocycles. The molecule has 0 unspecified atom stereocenters. The van der Waals surface area contributed by atoms with Crippen LogP contribution < -0.4 is 10.1 Å².